The van der Waals surface area contributed by atoms with Crippen molar-refractivity contribution >= 4 is 19.3 Å². The van der Waals surface area contributed by atoms with Gasteiger partial charge in [0.1, 0.15) is 13.7 Å². The average molecular weight is 178 g/mol. The van der Waals surface area contributed by atoms with Crippen LogP contribution in [0.5, 0.6) is 0 Å². The lowest BCUT2D eigenvalue weighted by molar-refractivity contribution is 0.0595. The largest absolute Gasteiger partial charge is 0.465 e. The van der Waals surface area contributed by atoms with Crippen LogP contribution in [-0.2, 0) is 4.74 Å². The van der Waals surface area contributed by atoms with Gasteiger partial charge in [-0.2, -0.15) is 0 Å². The number of carbonyl (C=O) groups excluding carboxylic acids is 1. The molecule has 2 radical (unpaired) electrons. The number of ether oxygens (including phenoxy) is 1. The highest BCUT2D eigenvalue weighted by Crippen LogP contribution is 2.11. The third kappa shape index (κ3) is 1.71. The lowest BCUT2D eigenvalue weighted by Gasteiger charge is -2.06. The molecule has 1 rings (SSSR count). The second-order valence-corrected chi connectivity index (χ2v) is 2.65. The van der Waals surface area contributed by atoms with Gasteiger partial charge in [0, 0.05) is 0 Å². The second kappa shape index (κ2) is 3.60. The highest BCUT2D eigenvalue weighted by atomic mass is 19.1. The van der Waals surface area contributed by atoms with Crippen LogP contribution < -0.4 is 5.46 Å². The Balaban J connectivity index is 3.33. The number of benzene rings is 1. The predicted molar refractivity (Wildman–Crippen MR) is 47.9 cm³/mol. The molecule has 1 aromatic rings. The number of halogens is 1. The van der Waals surface area contributed by atoms with Crippen molar-refractivity contribution in [1.29, 1.82) is 0 Å². The molecular weight excluding hydrogens is 170 g/mol. The van der Waals surface area contributed by atoms with Crippen LogP contribution in [0.2, 0.25) is 0 Å². The van der Waals surface area contributed by atoms with Gasteiger partial charge in [0.25, 0.3) is 0 Å². The maximum Gasteiger partial charge on any atom is 0.341 e. The molecule has 0 heterocycles. The molecule has 1 aromatic carbocycles. The van der Waals surface area contributed by atoms with Crippen molar-refractivity contribution in [1.82, 2.24) is 0 Å². The van der Waals surface area contributed by atoms with Gasteiger partial charge in [0.05, 0.1) is 12.7 Å². The van der Waals surface area contributed by atoms with Crippen LogP contribution in [0.1, 0.15) is 15.9 Å². The van der Waals surface area contributed by atoms with E-state index < -0.39 is 11.8 Å². The molecule has 0 saturated heterocycles. The molecule has 0 aliphatic carbocycles. The summed E-state index contributed by atoms with van der Waals surface area (Å²) in [5.41, 5.74) is 0.368. The molecule has 13 heavy (non-hydrogen) atoms. The summed E-state index contributed by atoms with van der Waals surface area (Å²) in [6.45, 7) is 1.62. The fourth-order valence-corrected chi connectivity index (χ4v) is 1.04. The third-order valence-electron chi connectivity index (χ3n) is 1.77. The Morgan fingerprint density at radius 3 is 2.69 bits per heavy atom. The number of esters is 1. The van der Waals surface area contributed by atoms with Gasteiger partial charge < -0.3 is 4.74 Å². The molecular formula is C9H8BFO2. The van der Waals surface area contributed by atoms with Gasteiger partial charge in [-0.15, -0.1) is 0 Å². The lowest BCUT2D eigenvalue weighted by Crippen LogP contribution is -2.17. The molecule has 0 aliphatic rings. The fraction of sp³-hybridized carbons (Fsp3) is 0.222. The highest BCUT2D eigenvalue weighted by Gasteiger charge is 2.16. The molecule has 0 unspecified atom stereocenters. The van der Waals surface area contributed by atoms with Crippen molar-refractivity contribution < 1.29 is 13.9 Å². The summed E-state index contributed by atoms with van der Waals surface area (Å²) in [6, 6.07) is 2.99. The minimum Gasteiger partial charge on any atom is -0.465 e. The van der Waals surface area contributed by atoms with Crippen LogP contribution in [0.25, 0.3) is 0 Å². The van der Waals surface area contributed by atoms with Gasteiger partial charge >= 0.3 is 5.97 Å². The molecule has 0 fully saturated rings. The van der Waals surface area contributed by atoms with Gasteiger partial charge in [0.15, 0.2) is 0 Å². The van der Waals surface area contributed by atoms with Crippen LogP contribution >= 0.6 is 0 Å². The molecule has 66 valence electrons. The molecule has 0 saturated carbocycles. The van der Waals surface area contributed by atoms with Crippen molar-refractivity contribution in [3.63, 3.8) is 0 Å². The van der Waals surface area contributed by atoms with E-state index in [9.17, 15) is 9.18 Å². The van der Waals surface area contributed by atoms with E-state index in [1.165, 1.54) is 13.2 Å². The van der Waals surface area contributed by atoms with Crippen molar-refractivity contribution in [2.75, 3.05) is 7.11 Å². The zero-order valence-corrected chi connectivity index (χ0v) is 7.43. The summed E-state index contributed by atoms with van der Waals surface area (Å²) in [5.74, 6) is -1.42. The molecule has 2 nitrogen and oxygen atoms in total. The summed E-state index contributed by atoms with van der Waals surface area (Å²) in [4.78, 5) is 11.1. The molecule has 0 spiro atoms. The van der Waals surface area contributed by atoms with Crippen LogP contribution in [0.3, 0.4) is 0 Å². The standard InChI is InChI=1S/C9H8BFO2/c1-5-3-4-6(10)8(11)7(5)9(12)13-2/h3-4H,1-2H3. The van der Waals surface area contributed by atoms with Gasteiger partial charge in [-0.3, -0.25) is 0 Å². The lowest BCUT2D eigenvalue weighted by atomic mass is 9.91. The van der Waals surface area contributed by atoms with Crippen molar-refractivity contribution in [3.8, 4) is 0 Å². The Morgan fingerprint density at radius 1 is 1.54 bits per heavy atom. The SMILES string of the molecule is [B]c1ccc(C)c(C(=O)OC)c1F. The zero-order chi connectivity index (χ0) is 10.0. The monoisotopic (exact) mass is 178 g/mol. The molecule has 0 aliphatic heterocycles. The summed E-state index contributed by atoms with van der Waals surface area (Å²) in [5, 5.41) is 0. The Bertz CT molecular complexity index is 350. The summed E-state index contributed by atoms with van der Waals surface area (Å²) >= 11 is 0. The number of aryl methyl sites for hydroxylation is 1. The molecule has 0 atom stereocenters. The minimum atomic E-state index is -0.716. The first-order valence-corrected chi connectivity index (χ1v) is 3.70. The zero-order valence-electron chi connectivity index (χ0n) is 7.43. The summed E-state index contributed by atoms with van der Waals surface area (Å²) in [6.07, 6.45) is 0. The van der Waals surface area contributed by atoms with Crippen LogP contribution in [0.15, 0.2) is 12.1 Å². The highest BCUT2D eigenvalue weighted by molar-refractivity contribution is 6.33. The second-order valence-electron chi connectivity index (χ2n) is 2.65. The van der Waals surface area contributed by atoms with Crippen LogP contribution in [0, 0.1) is 12.7 Å². The number of hydrogen-bond acceptors (Lipinski definition) is 2. The van der Waals surface area contributed by atoms with Gasteiger partial charge in [-0.1, -0.05) is 17.6 Å². The maximum absolute atomic E-state index is 13.3. The first kappa shape index (κ1) is 9.77. The van der Waals surface area contributed by atoms with E-state index in [1.807, 2.05) is 0 Å². The molecule has 0 aromatic heterocycles. The minimum absolute atomic E-state index is 0.0500. The van der Waals surface area contributed by atoms with E-state index in [-0.39, 0.29) is 11.0 Å². The van der Waals surface area contributed by atoms with Gasteiger partial charge in [-0.25, -0.2) is 9.18 Å². The van der Waals surface area contributed by atoms with E-state index >= 15 is 0 Å². The maximum atomic E-state index is 13.3. The molecule has 0 amide bonds. The first-order valence-electron chi connectivity index (χ1n) is 3.70. The Labute approximate surface area is 77.1 Å². The van der Waals surface area contributed by atoms with E-state index in [4.69, 9.17) is 7.85 Å². The number of carbonyl (C=O) groups is 1. The summed E-state index contributed by atoms with van der Waals surface area (Å²) < 4.78 is 17.7. The molecule has 0 N–H and O–H groups in total. The normalized spacial score (nSPS) is 9.77. The number of methoxy groups -OCH3 is 1. The van der Waals surface area contributed by atoms with Gasteiger partial charge in [-0.05, 0) is 12.5 Å². The first-order chi connectivity index (χ1) is 6.07. The summed E-state index contributed by atoms with van der Waals surface area (Å²) in [7, 11) is 6.50. The van der Waals surface area contributed by atoms with Gasteiger partial charge in [0.2, 0.25) is 0 Å². The Morgan fingerprint density at radius 2 is 2.15 bits per heavy atom. The Kier molecular flexibility index (Phi) is 2.71. The van der Waals surface area contributed by atoms with E-state index in [1.54, 1.807) is 13.0 Å². The quantitative estimate of drug-likeness (QED) is 0.467. The smallest absolute Gasteiger partial charge is 0.341 e. The predicted octanol–water partition coefficient (Wildman–Crippen LogP) is 0.715. The topological polar surface area (TPSA) is 26.3 Å². The van der Waals surface area contributed by atoms with E-state index in [2.05, 4.69) is 4.74 Å². The third-order valence-corrected chi connectivity index (χ3v) is 1.77. The average Bonchev–Trinajstić information content (AvgIpc) is 2.12. The van der Waals surface area contributed by atoms with E-state index in [0.717, 1.165) is 0 Å². The van der Waals surface area contributed by atoms with Crippen molar-refractivity contribution in [3.05, 3.63) is 29.1 Å². The van der Waals surface area contributed by atoms with Crippen LogP contribution in [-0.4, -0.2) is 20.9 Å². The number of rotatable bonds is 1. The Hall–Kier alpha value is -1.32. The molecule has 4 heteroatoms. The van der Waals surface area contributed by atoms with Crippen LogP contribution in [0.4, 0.5) is 4.39 Å². The van der Waals surface area contributed by atoms with E-state index in [0.29, 0.717) is 5.56 Å². The molecule has 0 bridgehead atoms. The number of hydrogen-bond donors (Lipinski definition) is 0. The fourth-order valence-electron chi connectivity index (χ4n) is 1.04. The van der Waals surface area contributed by atoms with Crippen molar-refractivity contribution in [2.24, 2.45) is 0 Å². The van der Waals surface area contributed by atoms with Crippen molar-refractivity contribution in [2.45, 2.75) is 6.92 Å².